The summed E-state index contributed by atoms with van der Waals surface area (Å²) in [5.74, 6) is 1.37. The molecule has 2 rings (SSSR count). The number of piperidine rings is 1. The Labute approximate surface area is 185 Å². The summed E-state index contributed by atoms with van der Waals surface area (Å²) >= 11 is 6.28. The number of amides is 1. The monoisotopic (exact) mass is 437 g/mol. The molecule has 1 saturated heterocycles. The van der Waals surface area contributed by atoms with Crippen LogP contribution in [0.25, 0.3) is 0 Å². The minimum atomic E-state index is -0.488. The Morgan fingerprint density at radius 3 is 2.47 bits per heavy atom. The van der Waals surface area contributed by atoms with Crippen molar-refractivity contribution in [1.82, 2.24) is 20.9 Å². The van der Waals surface area contributed by atoms with Crippen LogP contribution < -0.4 is 16.0 Å². The Balaban J connectivity index is 1.61. The molecule has 0 unspecified atom stereocenters. The third kappa shape index (κ3) is 9.22. The first-order valence-electron chi connectivity index (χ1n) is 10.6. The van der Waals surface area contributed by atoms with Crippen molar-refractivity contribution in [1.29, 1.82) is 0 Å². The number of nitrogens with one attached hydrogen (secondary N) is 3. The van der Waals surface area contributed by atoms with Crippen LogP contribution in [0.4, 0.5) is 4.79 Å². The highest BCUT2D eigenvalue weighted by atomic mass is 35.5. The van der Waals surface area contributed by atoms with Crippen LogP contribution in [-0.4, -0.2) is 62.3 Å². The topological polar surface area (TPSA) is 78.0 Å². The molecule has 1 aromatic carbocycles. The zero-order chi connectivity index (χ0) is 22.0. The van der Waals surface area contributed by atoms with Gasteiger partial charge < -0.3 is 20.7 Å². The number of carbonyl (C=O) groups excluding carboxylic acids is 1. The molecule has 1 aliphatic heterocycles. The third-order valence-corrected chi connectivity index (χ3v) is 5.30. The summed E-state index contributed by atoms with van der Waals surface area (Å²) in [6, 6.07) is 8.07. The zero-order valence-corrected chi connectivity index (χ0v) is 19.4. The maximum absolute atomic E-state index is 11.6. The lowest BCUT2D eigenvalue weighted by molar-refractivity contribution is 0.0529. The van der Waals surface area contributed by atoms with Crippen LogP contribution in [0, 0.1) is 5.92 Å². The molecule has 1 aliphatic rings. The van der Waals surface area contributed by atoms with Crippen molar-refractivity contribution >= 4 is 23.7 Å². The SMILES string of the molecule is CN=C(NCCNC(=O)OC(C)(C)C)NCC1CCN(Cc2ccccc2Cl)CC1. The second-order valence-electron chi connectivity index (χ2n) is 8.62. The van der Waals surface area contributed by atoms with Crippen molar-refractivity contribution in [2.75, 3.05) is 39.8 Å². The van der Waals surface area contributed by atoms with E-state index in [1.807, 2.05) is 39.0 Å². The number of hydrogen-bond donors (Lipinski definition) is 3. The Kier molecular flexibility index (Phi) is 9.72. The quantitative estimate of drug-likeness (QED) is 0.347. The molecule has 1 fully saturated rings. The maximum atomic E-state index is 11.6. The fourth-order valence-electron chi connectivity index (χ4n) is 3.34. The van der Waals surface area contributed by atoms with Gasteiger partial charge in [0.2, 0.25) is 0 Å². The van der Waals surface area contributed by atoms with Gasteiger partial charge >= 0.3 is 6.09 Å². The predicted octanol–water partition coefficient (Wildman–Crippen LogP) is 3.24. The second-order valence-corrected chi connectivity index (χ2v) is 9.03. The zero-order valence-electron chi connectivity index (χ0n) is 18.6. The van der Waals surface area contributed by atoms with E-state index in [9.17, 15) is 4.79 Å². The molecular weight excluding hydrogens is 402 g/mol. The Bertz CT molecular complexity index is 697. The summed E-state index contributed by atoms with van der Waals surface area (Å²) in [6.45, 7) is 10.5. The first kappa shape index (κ1) is 24.3. The summed E-state index contributed by atoms with van der Waals surface area (Å²) in [6.07, 6.45) is 1.89. The van der Waals surface area contributed by atoms with Gasteiger partial charge in [0.15, 0.2) is 5.96 Å². The van der Waals surface area contributed by atoms with Crippen LogP contribution in [0.2, 0.25) is 5.02 Å². The third-order valence-electron chi connectivity index (χ3n) is 4.93. The van der Waals surface area contributed by atoms with Crippen LogP contribution in [0.15, 0.2) is 29.3 Å². The van der Waals surface area contributed by atoms with Gasteiger partial charge in [0.25, 0.3) is 0 Å². The van der Waals surface area contributed by atoms with E-state index in [0.29, 0.717) is 19.0 Å². The summed E-state index contributed by atoms with van der Waals surface area (Å²) < 4.78 is 5.22. The van der Waals surface area contributed by atoms with Crippen LogP contribution >= 0.6 is 11.6 Å². The molecule has 3 N–H and O–H groups in total. The normalized spacial score (nSPS) is 16.2. The Morgan fingerprint density at radius 1 is 1.17 bits per heavy atom. The summed E-state index contributed by atoms with van der Waals surface area (Å²) in [7, 11) is 1.75. The largest absolute Gasteiger partial charge is 0.444 e. The number of aliphatic imine (C=N–C) groups is 1. The number of alkyl carbamates (subject to hydrolysis) is 1. The number of rotatable bonds is 7. The summed E-state index contributed by atoms with van der Waals surface area (Å²) in [4.78, 5) is 18.4. The molecule has 0 atom stereocenters. The molecule has 0 saturated carbocycles. The van der Waals surface area contributed by atoms with Crippen LogP contribution in [0.3, 0.4) is 0 Å². The van der Waals surface area contributed by atoms with Gasteiger partial charge in [-0.3, -0.25) is 9.89 Å². The van der Waals surface area contributed by atoms with Crippen molar-refractivity contribution in [3.63, 3.8) is 0 Å². The standard InChI is InChI=1S/C22H36ClN5O2/c1-22(2,3)30-21(29)26-12-11-25-20(24-4)27-15-17-9-13-28(14-10-17)16-18-7-5-6-8-19(18)23/h5-8,17H,9-16H2,1-4H3,(H,26,29)(H2,24,25,27). The van der Waals surface area contributed by atoms with Gasteiger partial charge in [-0.05, 0) is 64.3 Å². The lowest BCUT2D eigenvalue weighted by Crippen LogP contribution is -2.45. The fraction of sp³-hybridized carbons (Fsp3) is 0.636. The van der Waals surface area contributed by atoms with Crippen LogP contribution in [0.1, 0.15) is 39.2 Å². The van der Waals surface area contributed by atoms with Crippen molar-refractivity contribution in [3.05, 3.63) is 34.9 Å². The minimum absolute atomic E-state index is 0.407. The minimum Gasteiger partial charge on any atom is -0.444 e. The van der Waals surface area contributed by atoms with Crippen LogP contribution in [0.5, 0.6) is 0 Å². The molecule has 30 heavy (non-hydrogen) atoms. The van der Waals surface area contributed by atoms with Crippen molar-refractivity contribution in [2.45, 2.75) is 45.8 Å². The van der Waals surface area contributed by atoms with E-state index in [4.69, 9.17) is 16.3 Å². The lowest BCUT2D eigenvalue weighted by atomic mass is 9.96. The van der Waals surface area contributed by atoms with E-state index in [1.165, 1.54) is 5.56 Å². The number of hydrogen-bond acceptors (Lipinski definition) is 4. The molecule has 0 bridgehead atoms. The number of nitrogens with zero attached hydrogens (tertiary/aromatic N) is 2. The second kappa shape index (κ2) is 12.0. The van der Waals surface area contributed by atoms with Gasteiger partial charge in [-0.15, -0.1) is 0 Å². The molecule has 1 aromatic rings. The van der Waals surface area contributed by atoms with E-state index in [-0.39, 0.29) is 0 Å². The Morgan fingerprint density at radius 2 is 1.83 bits per heavy atom. The number of likely N-dealkylation sites (tertiary alicyclic amines) is 1. The van der Waals surface area contributed by atoms with E-state index in [1.54, 1.807) is 7.05 Å². The van der Waals surface area contributed by atoms with E-state index in [2.05, 4.69) is 31.9 Å². The van der Waals surface area contributed by atoms with Gasteiger partial charge in [-0.25, -0.2) is 4.79 Å². The number of halogens is 1. The van der Waals surface area contributed by atoms with E-state index in [0.717, 1.165) is 50.0 Å². The molecule has 8 heteroatoms. The van der Waals surface area contributed by atoms with Gasteiger partial charge in [-0.1, -0.05) is 29.8 Å². The number of carbonyl (C=O) groups is 1. The summed E-state index contributed by atoms with van der Waals surface area (Å²) in [5.41, 5.74) is 0.707. The maximum Gasteiger partial charge on any atom is 0.407 e. The molecule has 1 heterocycles. The highest BCUT2D eigenvalue weighted by Gasteiger charge is 2.20. The molecule has 7 nitrogen and oxygen atoms in total. The predicted molar refractivity (Wildman–Crippen MR) is 123 cm³/mol. The average Bonchev–Trinajstić information content (AvgIpc) is 2.69. The molecule has 0 aliphatic carbocycles. The molecule has 0 spiro atoms. The average molecular weight is 438 g/mol. The van der Waals surface area contributed by atoms with Gasteiger partial charge in [0, 0.05) is 38.2 Å². The number of benzene rings is 1. The fourth-order valence-corrected chi connectivity index (χ4v) is 3.53. The van der Waals surface area contributed by atoms with Crippen molar-refractivity contribution in [2.24, 2.45) is 10.9 Å². The first-order chi connectivity index (χ1) is 14.3. The lowest BCUT2D eigenvalue weighted by Gasteiger charge is -2.32. The van der Waals surface area contributed by atoms with Crippen molar-refractivity contribution in [3.8, 4) is 0 Å². The number of guanidine groups is 1. The number of ether oxygens (including phenoxy) is 1. The molecule has 1 amide bonds. The molecular formula is C22H36ClN5O2. The van der Waals surface area contributed by atoms with Gasteiger partial charge in [-0.2, -0.15) is 0 Å². The Hall–Kier alpha value is -1.99. The molecule has 0 radical (unpaired) electrons. The van der Waals surface area contributed by atoms with Gasteiger partial charge in [0.05, 0.1) is 0 Å². The van der Waals surface area contributed by atoms with E-state index >= 15 is 0 Å². The van der Waals surface area contributed by atoms with Crippen LogP contribution in [-0.2, 0) is 11.3 Å². The highest BCUT2D eigenvalue weighted by Crippen LogP contribution is 2.21. The smallest absolute Gasteiger partial charge is 0.407 e. The van der Waals surface area contributed by atoms with Crippen molar-refractivity contribution < 1.29 is 9.53 Å². The summed E-state index contributed by atoms with van der Waals surface area (Å²) in [5, 5.41) is 10.2. The first-order valence-corrected chi connectivity index (χ1v) is 11.0. The molecule has 0 aromatic heterocycles. The van der Waals surface area contributed by atoms with Gasteiger partial charge in [0.1, 0.15) is 5.60 Å². The highest BCUT2D eigenvalue weighted by molar-refractivity contribution is 6.31. The van der Waals surface area contributed by atoms with E-state index < -0.39 is 11.7 Å². The molecule has 168 valence electrons.